The van der Waals surface area contributed by atoms with Gasteiger partial charge in [-0.15, -0.1) is 0 Å². The van der Waals surface area contributed by atoms with E-state index in [1.54, 1.807) is 0 Å². The Hall–Kier alpha value is -0.130. The molecule has 0 radical (unpaired) electrons. The van der Waals surface area contributed by atoms with E-state index in [0.29, 0.717) is 13.1 Å². The molecule has 1 aliphatic carbocycles. The SMILES string of the molecule is O=S(=O)(C1CCCC1)C1CNCC1O. The van der Waals surface area contributed by atoms with E-state index >= 15 is 0 Å². The number of β-amino-alcohol motifs (C(OH)–C–C–N with tert-alkyl or cyclic N) is 1. The fourth-order valence-corrected chi connectivity index (χ4v) is 4.81. The van der Waals surface area contributed by atoms with Crippen molar-refractivity contribution in [3.8, 4) is 0 Å². The summed E-state index contributed by atoms with van der Waals surface area (Å²) in [4.78, 5) is 0. The van der Waals surface area contributed by atoms with Crippen molar-refractivity contribution in [2.45, 2.75) is 42.3 Å². The fourth-order valence-electron chi connectivity index (χ4n) is 2.44. The Labute approximate surface area is 84.6 Å². The molecule has 0 spiro atoms. The number of nitrogens with one attached hydrogen (secondary N) is 1. The largest absolute Gasteiger partial charge is 0.390 e. The van der Waals surface area contributed by atoms with Gasteiger partial charge in [0.05, 0.1) is 11.4 Å². The molecule has 2 atom stereocenters. The summed E-state index contributed by atoms with van der Waals surface area (Å²) in [6.45, 7) is 0.830. The molecule has 1 aliphatic heterocycles. The van der Waals surface area contributed by atoms with Gasteiger partial charge in [-0.25, -0.2) is 8.42 Å². The summed E-state index contributed by atoms with van der Waals surface area (Å²) >= 11 is 0. The third kappa shape index (κ3) is 1.68. The van der Waals surface area contributed by atoms with Crippen LogP contribution < -0.4 is 5.32 Å². The summed E-state index contributed by atoms with van der Waals surface area (Å²) in [5, 5.41) is 11.7. The second-order valence-corrected chi connectivity index (χ2v) is 6.71. The smallest absolute Gasteiger partial charge is 0.159 e. The second-order valence-electron chi connectivity index (χ2n) is 4.26. The molecule has 2 fully saturated rings. The van der Waals surface area contributed by atoms with E-state index in [1.165, 1.54) is 0 Å². The van der Waals surface area contributed by atoms with E-state index in [2.05, 4.69) is 5.32 Å². The van der Waals surface area contributed by atoms with Crippen molar-refractivity contribution in [1.29, 1.82) is 0 Å². The Balaban J connectivity index is 2.14. The molecule has 2 aliphatic rings. The van der Waals surface area contributed by atoms with Crippen LogP contribution in [0.1, 0.15) is 25.7 Å². The molecule has 5 heteroatoms. The van der Waals surface area contributed by atoms with Gasteiger partial charge in [0.25, 0.3) is 0 Å². The average molecular weight is 219 g/mol. The first-order chi connectivity index (χ1) is 6.62. The molecule has 82 valence electrons. The van der Waals surface area contributed by atoms with Crippen molar-refractivity contribution in [2.75, 3.05) is 13.1 Å². The topological polar surface area (TPSA) is 66.4 Å². The number of aliphatic hydroxyl groups is 1. The van der Waals surface area contributed by atoms with Crippen molar-refractivity contribution in [1.82, 2.24) is 5.32 Å². The van der Waals surface area contributed by atoms with E-state index in [-0.39, 0.29) is 5.25 Å². The van der Waals surface area contributed by atoms with E-state index in [4.69, 9.17) is 0 Å². The predicted molar refractivity (Wildman–Crippen MR) is 53.8 cm³/mol. The lowest BCUT2D eigenvalue weighted by atomic mass is 10.3. The van der Waals surface area contributed by atoms with Gasteiger partial charge in [-0.05, 0) is 12.8 Å². The first kappa shape index (κ1) is 10.4. The van der Waals surface area contributed by atoms with Crippen LogP contribution in [0.25, 0.3) is 0 Å². The minimum atomic E-state index is -3.10. The first-order valence-electron chi connectivity index (χ1n) is 5.24. The summed E-state index contributed by atoms with van der Waals surface area (Å²) < 4.78 is 24.1. The van der Waals surface area contributed by atoms with Crippen molar-refractivity contribution in [3.63, 3.8) is 0 Å². The Morgan fingerprint density at radius 2 is 1.79 bits per heavy atom. The molecule has 0 aromatic rings. The zero-order chi connectivity index (χ0) is 10.2. The van der Waals surface area contributed by atoms with Crippen LogP contribution in [0.4, 0.5) is 0 Å². The Morgan fingerprint density at radius 3 is 2.29 bits per heavy atom. The van der Waals surface area contributed by atoms with Crippen LogP contribution in [0.15, 0.2) is 0 Å². The maximum absolute atomic E-state index is 12.0. The second kappa shape index (κ2) is 3.79. The lowest BCUT2D eigenvalue weighted by molar-refractivity contribution is 0.197. The van der Waals surface area contributed by atoms with Gasteiger partial charge in [-0.1, -0.05) is 12.8 Å². The molecule has 1 saturated heterocycles. The van der Waals surface area contributed by atoms with E-state index in [1.807, 2.05) is 0 Å². The predicted octanol–water partition coefficient (Wildman–Crippen LogP) is -0.324. The van der Waals surface area contributed by atoms with Gasteiger partial charge in [-0.3, -0.25) is 0 Å². The van der Waals surface area contributed by atoms with Crippen LogP contribution in [0.3, 0.4) is 0 Å². The van der Waals surface area contributed by atoms with Gasteiger partial charge in [0.1, 0.15) is 5.25 Å². The summed E-state index contributed by atoms with van der Waals surface area (Å²) in [5.41, 5.74) is 0. The number of aliphatic hydroxyl groups excluding tert-OH is 1. The first-order valence-corrected chi connectivity index (χ1v) is 6.85. The van der Waals surface area contributed by atoms with Gasteiger partial charge in [0.15, 0.2) is 9.84 Å². The lowest BCUT2D eigenvalue weighted by Gasteiger charge is -2.19. The van der Waals surface area contributed by atoms with Gasteiger partial charge < -0.3 is 10.4 Å². The highest BCUT2D eigenvalue weighted by Crippen LogP contribution is 2.29. The zero-order valence-corrected chi connectivity index (χ0v) is 8.96. The fraction of sp³-hybridized carbons (Fsp3) is 1.00. The molecule has 1 saturated carbocycles. The number of hydrogen-bond donors (Lipinski definition) is 2. The molecule has 1 heterocycles. The molecular formula is C9H17NO3S. The van der Waals surface area contributed by atoms with Crippen molar-refractivity contribution >= 4 is 9.84 Å². The monoisotopic (exact) mass is 219 g/mol. The third-order valence-corrected chi connectivity index (χ3v) is 6.04. The van der Waals surface area contributed by atoms with Crippen LogP contribution in [-0.2, 0) is 9.84 Å². The van der Waals surface area contributed by atoms with Crippen LogP contribution in [0.2, 0.25) is 0 Å². The summed E-state index contributed by atoms with van der Waals surface area (Å²) in [7, 11) is -3.10. The van der Waals surface area contributed by atoms with Crippen molar-refractivity contribution in [2.24, 2.45) is 0 Å². The van der Waals surface area contributed by atoms with Crippen LogP contribution >= 0.6 is 0 Å². The number of sulfone groups is 1. The minimum Gasteiger partial charge on any atom is -0.390 e. The Morgan fingerprint density at radius 1 is 1.14 bits per heavy atom. The van der Waals surface area contributed by atoms with E-state index < -0.39 is 21.2 Å². The highest BCUT2D eigenvalue weighted by atomic mass is 32.2. The molecule has 0 bridgehead atoms. The quantitative estimate of drug-likeness (QED) is 0.668. The molecule has 2 N–H and O–H groups in total. The van der Waals surface area contributed by atoms with Crippen molar-refractivity contribution in [3.05, 3.63) is 0 Å². The molecule has 14 heavy (non-hydrogen) atoms. The summed E-state index contributed by atoms with van der Waals surface area (Å²) in [6.07, 6.45) is 2.89. The number of rotatable bonds is 2. The Kier molecular flexibility index (Phi) is 2.81. The molecule has 4 nitrogen and oxygen atoms in total. The Bertz CT molecular complexity index is 295. The van der Waals surface area contributed by atoms with Crippen LogP contribution in [0.5, 0.6) is 0 Å². The number of hydrogen-bond acceptors (Lipinski definition) is 4. The van der Waals surface area contributed by atoms with Crippen molar-refractivity contribution < 1.29 is 13.5 Å². The van der Waals surface area contributed by atoms with E-state index in [9.17, 15) is 13.5 Å². The highest BCUT2D eigenvalue weighted by Gasteiger charge is 2.41. The third-order valence-electron chi connectivity index (χ3n) is 3.32. The molecule has 0 aromatic heterocycles. The minimum absolute atomic E-state index is 0.193. The maximum Gasteiger partial charge on any atom is 0.159 e. The average Bonchev–Trinajstić information content (AvgIpc) is 2.72. The maximum atomic E-state index is 12.0. The van der Waals surface area contributed by atoms with E-state index in [0.717, 1.165) is 25.7 Å². The summed E-state index contributed by atoms with van der Waals surface area (Å²) in [5.74, 6) is 0. The van der Waals surface area contributed by atoms with Gasteiger partial charge in [-0.2, -0.15) is 0 Å². The molecule has 2 unspecified atom stereocenters. The molecule has 0 aromatic carbocycles. The molecule has 0 amide bonds. The van der Waals surface area contributed by atoms with Gasteiger partial charge in [0.2, 0.25) is 0 Å². The molecule has 2 rings (SSSR count). The van der Waals surface area contributed by atoms with Gasteiger partial charge in [0, 0.05) is 13.1 Å². The summed E-state index contributed by atoms with van der Waals surface area (Å²) in [6, 6.07) is 0. The van der Waals surface area contributed by atoms with Gasteiger partial charge >= 0.3 is 0 Å². The van der Waals surface area contributed by atoms with Crippen LogP contribution in [-0.4, -0.2) is 43.2 Å². The normalized spacial score (nSPS) is 35.2. The highest BCUT2D eigenvalue weighted by molar-refractivity contribution is 7.92. The standard InChI is InChI=1S/C9H17NO3S/c11-8-5-10-6-9(8)14(12,13)7-3-1-2-4-7/h7-11H,1-6H2. The van der Waals surface area contributed by atoms with Crippen LogP contribution in [0, 0.1) is 0 Å². The molecular weight excluding hydrogens is 202 g/mol. The lowest BCUT2D eigenvalue weighted by Crippen LogP contribution is -2.38. The zero-order valence-electron chi connectivity index (χ0n) is 8.15.